The molecule has 1 atom stereocenters. The summed E-state index contributed by atoms with van der Waals surface area (Å²) >= 11 is 0. The van der Waals surface area contributed by atoms with Gasteiger partial charge in [-0.2, -0.15) is 0 Å². The van der Waals surface area contributed by atoms with Gasteiger partial charge >= 0.3 is 0 Å². The van der Waals surface area contributed by atoms with Gasteiger partial charge in [-0.05, 0) is 50.2 Å². The Hall–Kier alpha value is -1.13. The summed E-state index contributed by atoms with van der Waals surface area (Å²) < 4.78 is 5.70. The fourth-order valence-electron chi connectivity index (χ4n) is 2.94. The Labute approximate surface area is 115 Å². The number of pyridine rings is 1. The molecule has 0 amide bonds. The van der Waals surface area contributed by atoms with Gasteiger partial charge in [0.15, 0.2) is 0 Å². The van der Waals surface area contributed by atoms with Crippen LogP contribution in [0.3, 0.4) is 0 Å². The number of nitrogens with zero attached hydrogens (tertiary/aromatic N) is 1. The van der Waals surface area contributed by atoms with Crippen molar-refractivity contribution < 1.29 is 9.84 Å². The lowest BCUT2D eigenvalue weighted by Gasteiger charge is -2.42. The van der Waals surface area contributed by atoms with Crippen LogP contribution in [0.1, 0.15) is 49.8 Å². The lowest BCUT2D eigenvalue weighted by molar-refractivity contribution is -0.130. The SMILES string of the molecule is COC1(C(O)c2cc(C)cnc2N)CCC(C)CC1. The summed E-state index contributed by atoms with van der Waals surface area (Å²) in [6.07, 6.45) is 4.87. The molecule has 1 aromatic rings. The molecule has 4 heteroatoms. The number of aliphatic hydroxyl groups is 1. The largest absolute Gasteiger partial charge is 0.385 e. The Morgan fingerprint density at radius 2 is 2.11 bits per heavy atom. The fourth-order valence-corrected chi connectivity index (χ4v) is 2.94. The monoisotopic (exact) mass is 264 g/mol. The van der Waals surface area contributed by atoms with E-state index < -0.39 is 11.7 Å². The standard InChI is InChI=1S/C15H24N2O2/c1-10-4-6-15(19-3,7-5-10)13(18)12-8-11(2)9-17-14(12)16/h8-10,13,18H,4-7H2,1-3H3,(H2,16,17). The molecule has 19 heavy (non-hydrogen) atoms. The molecule has 0 radical (unpaired) electrons. The number of anilines is 1. The first-order valence-electron chi connectivity index (χ1n) is 6.94. The van der Waals surface area contributed by atoms with Gasteiger partial charge in [-0.1, -0.05) is 6.92 Å². The molecule has 0 saturated heterocycles. The van der Waals surface area contributed by atoms with Crippen molar-refractivity contribution in [3.8, 4) is 0 Å². The summed E-state index contributed by atoms with van der Waals surface area (Å²) in [5.74, 6) is 1.09. The van der Waals surface area contributed by atoms with Crippen LogP contribution in [-0.4, -0.2) is 22.8 Å². The summed E-state index contributed by atoms with van der Waals surface area (Å²) in [5.41, 5.74) is 7.08. The van der Waals surface area contributed by atoms with E-state index in [-0.39, 0.29) is 0 Å². The highest BCUT2D eigenvalue weighted by Crippen LogP contribution is 2.43. The van der Waals surface area contributed by atoms with Gasteiger partial charge in [-0.25, -0.2) is 4.98 Å². The van der Waals surface area contributed by atoms with Gasteiger partial charge in [0.1, 0.15) is 11.9 Å². The third-order valence-electron chi connectivity index (χ3n) is 4.41. The average molecular weight is 264 g/mol. The molecule has 1 aliphatic carbocycles. The molecule has 1 saturated carbocycles. The van der Waals surface area contributed by atoms with E-state index in [0.717, 1.165) is 31.2 Å². The van der Waals surface area contributed by atoms with Crippen LogP contribution < -0.4 is 5.73 Å². The topological polar surface area (TPSA) is 68.4 Å². The minimum atomic E-state index is -0.711. The maximum Gasteiger partial charge on any atom is 0.129 e. The predicted molar refractivity (Wildman–Crippen MR) is 75.7 cm³/mol. The zero-order chi connectivity index (χ0) is 14.0. The van der Waals surface area contributed by atoms with E-state index in [1.165, 1.54) is 0 Å². The summed E-state index contributed by atoms with van der Waals surface area (Å²) in [4.78, 5) is 4.14. The van der Waals surface area contributed by atoms with Crippen LogP contribution in [-0.2, 0) is 4.74 Å². The number of nitrogen functional groups attached to an aromatic ring is 1. The molecule has 0 spiro atoms. The summed E-state index contributed by atoms with van der Waals surface area (Å²) in [5, 5.41) is 10.7. The molecule has 1 aromatic heterocycles. The van der Waals surface area contributed by atoms with E-state index >= 15 is 0 Å². The van der Waals surface area contributed by atoms with E-state index in [1.54, 1.807) is 13.3 Å². The molecule has 1 aliphatic rings. The quantitative estimate of drug-likeness (QED) is 0.880. The smallest absolute Gasteiger partial charge is 0.129 e. The predicted octanol–water partition coefficient (Wildman–Crippen LogP) is 2.60. The minimum Gasteiger partial charge on any atom is -0.385 e. The van der Waals surface area contributed by atoms with Crippen molar-refractivity contribution >= 4 is 5.82 Å². The van der Waals surface area contributed by atoms with E-state index in [2.05, 4.69) is 11.9 Å². The van der Waals surface area contributed by atoms with Crippen LogP contribution in [0.25, 0.3) is 0 Å². The molecule has 0 bridgehead atoms. The number of rotatable bonds is 3. The second kappa shape index (κ2) is 5.47. The van der Waals surface area contributed by atoms with Crippen molar-refractivity contribution in [2.45, 2.75) is 51.2 Å². The highest BCUT2D eigenvalue weighted by Gasteiger charge is 2.42. The number of nitrogens with two attached hydrogens (primary N) is 1. The maximum absolute atomic E-state index is 10.7. The van der Waals surface area contributed by atoms with Crippen molar-refractivity contribution in [1.82, 2.24) is 4.98 Å². The second-order valence-corrected chi connectivity index (χ2v) is 5.84. The highest BCUT2D eigenvalue weighted by molar-refractivity contribution is 5.43. The van der Waals surface area contributed by atoms with Crippen molar-refractivity contribution in [2.24, 2.45) is 5.92 Å². The number of aryl methyl sites for hydroxylation is 1. The van der Waals surface area contributed by atoms with Crippen LogP contribution >= 0.6 is 0 Å². The van der Waals surface area contributed by atoms with Gasteiger partial charge in [0.05, 0.1) is 5.60 Å². The molecular weight excluding hydrogens is 240 g/mol. The van der Waals surface area contributed by atoms with Gasteiger partial charge < -0.3 is 15.6 Å². The zero-order valence-electron chi connectivity index (χ0n) is 12.0. The van der Waals surface area contributed by atoms with Crippen LogP contribution in [0.5, 0.6) is 0 Å². The number of aliphatic hydroxyl groups excluding tert-OH is 1. The molecule has 1 heterocycles. The van der Waals surface area contributed by atoms with Crippen molar-refractivity contribution in [3.05, 3.63) is 23.4 Å². The Bertz CT molecular complexity index is 440. The van der Waals surface area contributed by atoms with Gasteiger partial charge in [0.2, 0.25) is 0 Å². The van der Waals surface area contributed by atoms with E-state index in [9.17, 15) is 5.11 Å². The van der Waals surface area contributed by atoms with Crippen LogP contribution in [0.15, 0.2) is 12.3 Å². The Balaban J connectivity index is 2.30. The first-order valence-corrected chi connectivity index (χ1v) is 6.94. The lowest BCUT2D eigenvalue weighted by Crippen LogP contribution is -2.42. The number of hydrogen-bond acceptors (Lipinski definition) is 4. The molecule has 1 unspecified atom stereocenters. The molecule has 0 aromatic carbocycles. The van der Waals surface area contributed by atoms with Gasteiger partial charge in [0.25, 0.3) is 0 Å². The van der Waals surface area contributed by atoms with Gasteiger partial charge in [-0.3, -0.25) is 0 Å². The van der Waals surface area contributed by atoms with Gasteiger partial charge in [0, 0.05) is 18.9 Å². The van der Waals surface area contributed by atoms with Gasteiger partial charge in [-0.15, -0.1) is 0 Å². The number of aromatic nitrogens is 1. The van der Waals surface area contributed by atoms with Crippen molar-refractivity contribution in [1.29, 1.82) is 0 Å². The number of methoxy groups -OCH3 is 1. The fraction of sp³-hybridized carbons (Fsp3) is 0.667. The molecule has 4 nitrogen and oxygen atoms in total. The summed E-state index contributed by atoms with van der Waals surface area (Å²) in [6.45, 7) is 4.19. The first-order chi connectivity index (χ1) is 8.98. The van der Waals surface area contributed by atoms with Crippen LogP contribution in [0.4, 0.5) is 5.82 Å². The molecular formula is C15H24N2O2. The van der Waals surface area contributed by atoms with E-state index in [4.69, 9.17) is 10.5 Å². The molecule has 0 aliphatic heterocycles. The number of hydrogen-bond donors (Lipinski definition) is 2. The third-order valence-corrected chi connectivity index (χ3v) is 4.41. The first kappa shape index (κ1) is 14.3. The normalized spacial score (nSPS) is 29.2. The summed E-state index contributed by atoms with van der Waals surface area (Å²) in [7, 11) is 1.68. The maximum atomic E-state index is 10.7. The third kappa shape index (κ3) is 2.74. The van der Waals surface area contributed by atoms with E-state index in [0.29, 0.717) is 17.3 Å². The van der Waals surface area contributed by atoms with E-state index in [1.807, 2.05) is 13.0 Å². The number of ether oxygens (including phenoxy) is 1. The molecule has 1 fully saturated rings. The lowest BCUT2D eigenvalue weighted by atomic mass is 9.74. The Kier molecular flexibility index (Phi) is 4.11. The molecule has 106 valence electrons. The van der Waals surface area contributed by atoms with Crippen LogP contribution in [0, 0.1) is 12.8 Å². The molecule has 3 N–H and O–H groups in total. The average Bonchev–Trinajstić information content (AvgIpc) is 2.42. The van der Waals surface area contributed by atoms with Crippen LogP contribution in [0.2, 0.25) is 0 Å². The second-order valence-electron chi connectivity index (χ2n) is 5.84. The highest BCUT2D eigenvalue weighted by atomic mass is 16.5. The Morgan fingerprint density at radius 1 is 1.47 bits per heavy atom. The minimum absolute atomic E-state index is 0.396. The van der Waals surface area contributed by atoms with Crippen molar-refractivity contribution in [3.63, 3.8) is 0 Å². The Morgan fingerprint density at radius 3 is 2.68 bits per heavy atom. The molecule has 2 rings (SSSR count). The van der Waals surface area contributed by atoms with Crippen molar-refractivity contribution in [2.75, 3.05) is 12.8 Å². The summed E-state index contributed by atoms with van der Waals surface area (Å²) in [6, 6.07) is 1.91. The zero-order valence-corrected chi connectivity index (χ0v) is 12.0.